The SMILES string of the molecule is Cc1ccc(S(=O)(=O)N2CCCC(c3ccnc(Nc4ncccc4C)n3)C2)cc1C. The largest absolute Gasteiger partial charge is 0.309 e. The van der Waals surface area contributed by atoms with Gasteiger partial charge in [0.05, 0.1) is 10.6 Å². The van der Waals surface area contributed by atoms with Crippen molar-refractivity contribution < 1.29 is 8.42 Å². The van der Waals surface area contributed by atoms with E-state index in [9.17, 15) is 8.42 Å². The van der Waals surface area contributed by atoms with Gasteiger partial charge in [0, 0.05) is 31.4 Å². The number of pyridine rings is 1. The lowest BCUT2D eigenvalue weighted by Crippen LogP contribution is -2.39. The van der Waals surface area contributed by atoms with Crippen LogP contribution in [0.25, 0.3) is 0 Å². The van der Waals surface area contributed by atoms with Gasteiger partial charge in [0.2, 0.25) is 16.0 Å². The third kappa shape index (κ3) is 4.60. The van der Waals surface area contributed by atoms with Crippen molar-refractivity contribution in [3.8, 4) is 0 Å². The number of nitrogens with one attached hydrogen (secondary N) is 1. The summed E-state index contributed by atoms with van der Waals surface area (Å²) < 4.78 is 28.1. The molecule has 7 nitrogen and oxygen atoms in total. The Hall–Kier alpha value is -2.84. The fourth-order valence-corrected chi connectivity index (χ4v) is 5.42. The van der Waals surface area contributed by atoms with Crippen molar-refractivity contribution in [3.05, 3.63) is 71.2 Å². The first-order chi connectivity index (χ1) is 14.8. The Morgan fingerprint density at radius 2 is 1.84 bits per heavy atom. The molecule has 1 N–H and O–H groups in total. The van der Waals surface area contributed by atoms with Crippen molar-refractivity contribution >= 4 is 21.8 Å². The van der Waals surface area contributed by atoms with Crippen molar-refractivity contribution in [1.29, 1.82) is 0 Å². The maximum absolute atomic E-state index is 13.2. The first kappa shape index (κ1) is 21.4. The Kier molecular flexibility index (Phi) is 6.02. The lowest BCUT2D eigenvalue weighted by atomic mass is 9.96. The number of hydrogen-bond acceptors (Lipinski definition) is 6. The van der Waals surface area contributed by atoms with Gasteiger partial charge in [0.25, 0.3) is 0 Å². The zero-order chi connectivity index (χ0) is 22.0. The predicted octanol–water partition coefficient (Wildman–Crippen LogP) is 4.11. The molecule has 0 spiro atoms. The van der Waals surface area contributed by atoms with Crippen molar-refractivity contribution in [2.45, 2.75) is 44.4 Å². The van der Waals surface area contributed by atoms with Crippen LogP contribution in [0.3, 0.4) is 0 Å². The first-order valence-electron chi connectivity index (χ1n) is 10.4. The van der Waals surface area contributed by atoms with E-state index in [0.29, 0.717) is 29.8 Å². The molecular formula is C23H27N5O2S. The molecule has 1 aromatic carbocycles. The summed E-state index contributed by atoms with van der Waals surface area (Å²) in [6, 6.07) is 11.0. The summed E-state index contributed by atoms with van der Waals surface area (Å²) in [5.74, 6) is 1.19. The molecule has 4 rings (SSSR count). The minimum Gasteiger partial charge on any atom is -0.309 e. The molecule has 0 bridgehead atoms. The monoisotopic (exact) mass is 437 g/mol. The van der Waals surface area contributed by atoms with E-state index in [1.165, 1.54) is 0 Å². The van der Waals surface area contributed by atoms with Crippen molar-refractivity contribution in [2.24, 2.45) is 0 Å². The van der Waals surface area contributed by atoms with Crippen LogP contribution in [0.15, 0.2) is 53.7 Å². The highest BCUT2D eigenvalue weighted by Crippen LogP contribution is 2.30. The molecule has 1 saturated heterocycles. The molecular weight excluding hydrogens is 410 g/mol. The Morgan fingerprint density at radius 1 is 1.00 bits per heavy atom. The maximum atomic E-state index is 13.2. The summed E-state index contributed by atoms with van der Waals surface area (Å²) in [5.41, 5.74) is 3.90. The lowest BCUT2D eigenvalue weighted by Gasteiger charge is -2.31. The molecule has 1 fully saturated rings. The molecule has 2 aromatic heterocycles. The van der Waals surface area contributed by atoms with Crippen LogP contribution in [0, 0.1) is 20.8 Å². The quantitative estimate of drug-likeness (QED) is 0.646. The summed E-state index contributed by atoms with van der Waals surface area (Å²) in [6.07, 6.45) is 5.11. The highest BCUT2D eigenvalue weighted by molar-refractivity contribution is 7.89. The van der Waals surface area contributed by atoms with Crippen LogP contribution in [0.2, 0.25) is 0 Å². The first-order valence-corrected chi connectivity index (χ1v) is 11.9. The minimum atomic E-state index is -3.54. The zero-order valence-electron chi connectivity index (χ0n) is 18.0. The number of piperidine rings is 1. The molecule has 162 valence electrons. The second-order valence-corrected chi connectivity index (χ2v) is 9.99. The molecule has 0 radical (unpaired) electrons. The summed E-state index contributed by atoms with van der Waals surface area (Å²) >= 11 is 0. The highest BCUT2D eigenvalue weighted by atomic mass is 32.2. The number of aryl methyl sites for hydroxylation is 3. The number of rotatable bonds is 5. The number of nitrogens with zero attached hydrogens (tertiary/aromatic N) is 4. The van der Waals surface area contributed by atoms with Crippen LogP contribution >= 0.6 is 0 Å². The summed E-state index contributed by atoms with van der Waals surface area (Å²) in [7, 11) is -3.54. The van der Waals surface area contributed by atoms with Gasteiger partial charge in [-0.2, -0.15) is 4.31 Å². The van der Waals surface area contributed by atoms with Crippen LogP contribution in [0.5, 0.6) is 0 Å². The molecule has 1 aliphatic rings. The normalized spacial score (nSPS) is 17.5. The van der Waals surface area contributed by atoms with Crippen LogP contribution in [-0.2, 0) is 10.0 Å². The molecule has 0 aliphatic carbocycles. The van der Waals surface area contributed by atoms with E-state index in [2.05, 4.69) is 20.3 Å². The lowest BCUT2D eigenvalue weighted by molar-refractivity contribution is 0.312. The van der Waals surface area contributed by atoms with E-state index < -0.39 is 10.0 Å². The van der Waals surface area contributed by atoms with Gasteiger partial charge in [-0.05, 0) is 74.6 Å². The van der Waals surface area contributed by atoms with Crippen molar-refractivity contribution in [1.82, 2.24) is 19.3 Å². The molecule has 0 saturated carbocycles. The fraction of sp³-hybridized carbons (Fsp3) is 0.348. The van der Waals surface area contributed by atoms with Gasteiger partial charge in [-0.1, -0.05) is 12.1 Å². The Bertz CT molecular complexity index is 1200. The standard InChI is InChI=1S/C23H27N5O2S/c1-16-8-9-20(14-18(16)3)31(29,30)28-13-5-7-19(15-28)21-10-12-25-23(26-21)27-22-17(2)6-4-11-24-22/h4,6,8-12,14,19H,5,7,13,15H2,1-3H3,(H,24,25,26,27). The van der Waals surface area contributed by atoms with Gasteiger partial charge >= 0.3 is 0 Å². The average Bonchev–Trinajstić information content (AvgIpc) is 2.77. The second-order valence-electron chi connectivity index (χ2n) is 8.05. The molecule has 3 aromatic rings. The van der Waals surface area contributed by atoms with Crippen LogP contribution < -0.4 is 5.32 Å². The van der Waals surface area contributed by atoms with Gasteiger partial charge in [0.15, 0.2) is 0 Å². The van der Waals surface area contributed by atoms with Crippen LogP contribution in [0.1, 0.15) is 41.1 Å². The summed E-state index contributed by atoms with van der Waals surface area (Å²) in [5, 5.41) is 3.17. The van der Waals surface area contributed by atoms with Crippen molar-refractivity contribution in [2.75, 3.05) is 18.4 Å². The zero-order valence-corrected chi connectivity index (χ0v) is 18.9. The minimum absolute atomic E-state index is 0.0171. The van der Waals surface area contributed by atoms with E-state index in [1.54, 1.807) is 28.8 Å². The molecule has 1 aliphatic heterocycles. The molecule has 1 atom stereocenters. The van der Waals surface area contributed by atoms with Gasteiger partial charge in [-0.3, -0.25) is 0 Å². The number of hydrogen-bond donors (Lipinski definition) is 1. The molecule has 3 heterocycles. The highest BCUT2D eigenvalue weighted by Gasteiger charge is 2.31. The van der Waals surface area contributed by atoms with Gasteiger partial charge < -0.3 is 5.32 Å². The Balaban J connectivity index is 1.55. The maximum Gasteiger partial charge on any atom is 0.243 e. The third-order valence-corrected chi connectivity index (χ3v) is 7.70. The average molecular weight is 438 g/mol. The van der Waals surface area contributed by atoms with E-state index >= 15 is 0 Å². The topological polar surface area (TPSA) is 88.1 Å². The number of anilines is 2. The van der Waals surface area contributed by atoms with Gasteiger partial charge in [-0.15, -0.1) is 0 Å². The van der Waals surface area contributed by atoms with E-state index in [0.717, 1.165) is 35.2 Å². The van der Waals surface area contributed by atoms with Crippen LogP contribution in [0.4, 0.5) is 11.8 Å². The third-order valence-electron chi connectivity index (χ3n) is 5.84. The number of sulfonamides is 1. The van der Waals surface area contributed by atoms with E-state index in [-0.39, 0.29) is 5.92 Å². The second kappa shape index (κ2) is 8.72. The number of benzene rings is 1. The van der Waals surface area contributed by atoms with Crippen LogP contribution in [-0.4, -0.2) is 40.8 Å². The van der Waals surface area contributed by atoms with E-state index in [4.69, 9.17) is 0 Å². The van der Waals surface area contributed by atoms with E-state index in [1.807, 2.05) is 45.0 Å². The predicted molar refractivity (Wildman–Crippen MR) is 121 cm³/mol. The molecule has 8 heteroatoms. The Morgan fingerprint density at radius 3 is 2.61 bits per heavy atom. The molecule has 0 amide bonds. The fourth-order valence-electron chi connectivity index (χ4n) is 3.81. The smallest absolute Gasteiger partial charge is 0.243 e. The molecule has 1 unspecified atom stereocenters. The number of aromatic nitrogens is 3. The van der Waals surface area contributed by atoms with Crippen molar-refractivity contribution in [3.63, 3.8) is 0 Å². The summed E-state index contributed by atoms with van der Waals surface area (Å²) in [4.78, 5) is 13.7. The summed E-state index contributed by atoms with van der Waals surface area (Å²) in [6.45, 7) is 6.82. The Labute approximate surface area is 183 Å². The van der Waals surface area contributed by atoms with Gasteiger partial charge in [0.1, 0.15) is 5.82 Å². The van der Waals surface area contributed by atoms with Gasteiger partial charge in [-0.25, -0.2) is 23.4 Å². The molecule has 31 heavy (non-hydrogen) atoms.